The Kier molecular flexibility index (Phi) is 17.4. The second-order valence-corrected chi connectivity index (χ2v) is 24.6. The fourth-order valence-electron chi connectivity index (χ4n) is 11.8. The largest absolute Gasteiger partial charge is 0.375 e. The van der Waals surface area contributed by atoms with Crippen molar-refractivity contribution < 1.29 is 38.2 Å². The Morgan fingerprint density at radius 1 is 0.611 bits per heavy atom. The zero-order valence-corrected chi connectivity index (χ0v) is 45.1. The molecule has 2 aromatic rings. The van der Waals surface area contributed by atoms with Crippen LogP contribution in [0.3, 0.4) is 0 Å². The first kappa shape index (κ1) is 54.1. The summed E-state index contributed by atoms with van der Waals surface area (Å²) in [4.78, 5) is 86.8. The number of benzene rings is 2. The molecule has 6 N–H and O–H groups in total. The number of amides is 6. The van der Waals surface area contributed by atoms with Crippen LogP contribution in [0.5, 0.6) is 0 Å². The Hall–Kier alpha value is -4.20. The molecule has 0 spiro atoms. The molecule has 2 aromatic carbocycles. The predicted molar refractivity (Wildman–Crippen MR) is 281 cm³/mol. The van der Waals surface area contributed by atoms with Gasteiger partial charge in [0.1, 0.15) is 24.2 Å². The summed E-state index contributed by atoms with van der Waals surface area (Å²) in [5.41, 5.74) is 3.37. The summed E-state index contributed by atoms with van der Waals surface area (Å²) in [5, 5.41) is 18.2. The zero-order valence-electron chi connectivity index (χ0n) is 43.4. The average Bonchev–Trinajstić information content (AvgIpc) is 3.99. The SMILES string of the molecule is CN[C@@H](C)C(=O)N[C@H]1CCS[C@H]2CC(C)(C)[C@@H](C(=O)N[C@H]3c4ccccc4C[C@H]3OCCCCCCO[C@@H]3Cc4ccccc4[C@@H]3NC(=O)[C@H]3N4C(=O)[C@@H](NC(=O)[C@H](C)NC)CCS[C@H]4CC3(C)C)N2C1=O. The van der Waals surface area contributed by atoms with Crippen molar-refractivity contribution in [3.8, 4) is 0 Å². The van der Waals surface area contributed by atoms with E-state index in [0.29, 0.717) is 63.2 Å². The molecular formula is C54H78N8O8S2. The molecule has 0 unspecified atom stereocenters. The normalized spacial score (nSPS) is 30.0. The van der Waals surface area contributed by atoms with Gasteiger partial charge in [-0.15, -0.1) is 23.5 Å². The van der Waals surface area contributed by atoms with Crippen LogP contribution < -0.4 is 31.9 Å². The van der Waals surface area contributed by atoms with E-state index in [-0.39, 0.29) is 70.5 Å². The maximum absolute atomic E-state index is 14.6. The number of hydrogen-bond donors (Lipinski definition) is 6. The average molecular weight is 1030 g/mol. The number of hydrogen-bond acceptors (Lipinski definition) is 12. The van der Waals surface area contributed by atoms with Crippen LogP contribution >= 0.6 is 23.5 Å². The number of ether oxygens (including phenoxy) is 2. The van der Waals surface area contributed by atoms with Gasteiger partial charge in [-0.25, -0.2) is 0 Å². The molecule has 0 saturated carbocycles. The Bertz CT molecular complexity index is 2160. The first-order chi connectivity index (χ1) is 34.4. The number of nitrogens with one attached hydrogen (secondary N) is 6. The summed E-state index contributed by atoms with van der Waals surface area (Å²) < 4.78 is 13.2. The van der Waals surface area contributed by atoms with Crippen molar-refractivity contribution in [1.82, 2.24) is 41.7 Å². The molecule has 12 atom stereocenters. The van der Waals surface area contributed by atoms with E-state index in [9.17, 15) is 28.8 Å². The predicted octanol–water partition coefficient (Wildman–Crippen LogP) is 4.51. The minimum Gasteiger partial charge on any atom is -0.375 e. The van der Waals surface area contributed by atoms with Crippen molar-refractivity contribution in [2.75, 3.05) is 38.8 Å². The summed E-state index contributed by atoms with van der Waals surface area (Å²) >= 11 is 3.37. The summed E-state index contributed by atoms with van der Waals surface area (Å²) in [6.07, 6.45) is 6.71. The molecule has 4 saturated heterocycles. The molecule has 0 aromatic heterocycles. The lowest BCUT2D eigenvalue weighted by Gasteiger charge is -2.35. The molecule has 4 fully saturated rings. The fraction of sp³-hybridized carbons (Fsp3) is 0.667. The van der Waals surface area contributed by atoms with Gasteiger partial charge in [-0.2, -0.15) is 0 Å². The molecule has 394 valence electrons. The van der Waals surface area contributed by atoms with E-state index < -0.39 is 47.1 Å². The number of unbranched alkanes of at least 4 members (excludes halogenated alkanes) is 3. The maximum atomic E-state index is 14.6. The van der Waals surface area contributed by atoms with Crippen molar-refractivity contribution in [3.05, 3.63) is 70.8 Å². The van der Waals surface area contributed by atoms with Gasteiger partial charge in [0.25, 0.3) is 0 Å². The third-order valence-electron chi connectivity index (χ3n) is 16.0. The number of likely N-dealkylation sites (N-methyl/N-ethyl adjacent to an activating group) is 2. The lowest BCUT2D eigenvalue weighted by Crippen LogP contribution is -2.58. The number of rotatable bonds is 19. The van der Waals surface area contributed by atoms with Crippen LogP contribution in [-0.4, -0.2) is 143 Å². The highest BCUT2D eigenvalue weighted by Crippen LogP contribution is 2.48. The third kappa shape index (κ3) is 11.5. The second-order valence-electron chi connectivity index (χ2n) is 22.1. The molecule has 4 heterocycles. The van der Waals surface area contributed by atoms with E-state index in [0.717, 1.165) is 47.9 Å². The van der Waals surface area contributed by atoms with Gasteiger partial charge < -0.3 is 51.2 Å². The molecule has 4 aliphatic heterocycles. The van der Waals surface area contributed by atoms with Crippen LogP contribution in [0.4, 0.5) is 0 Å². The molecule has 6 aliphatic rings. The standard InChI is InChI=1S/C54H78N8O8S2/c1-31(55-7)47(63)57-37-21-25-71-41-29-53(3,4)45(61(41)51(37)67)49(65)59-43-35-19-13-11-17-33(35)27-39(43)69-23-15-9-10-16-24-70-40-28-34-18-12-14-20-36(34)44(40)60-50(66)46-54(5,6)30-42-62(46)52(68)38(22-26-72-42)58-48(64)32(2)56-8/h11-14,17-20,31-32,37-46,55-56H,9-10,15-16,21-30H2,1-8H3,(H,57,63)(H,58,64)(H,59,65)(H,60,66)/t31-,32-,37-,38-,39+,40+,41-,42-,43-,44-,45+,46+/m0/s1. The highest BCUT2D eigenvalue weighted by atomic mass is 32.2. The first-order valence-electron chi connectivity index (χ1n) is 26.3. The summed E-state index contributed by atoms with van der Waals surface area (Å²) in [5.74, 6) is 0.117. The van der Waals surface area contributed by atoms with Crippen LogP contribution in [0.1, 0.15) is 127 Å². The minimum atomic E-state index is -0.708. The number of carbonyl (C=O) groups excluding carboxylic acids is 6. The van der Waals surface area contributed by atoms with Gasteiger partial charge >= 0.3 is 0 Å². The zero-order chi connectivity index (χ0) is 51.5. The highest BCUT2D eigenvalue weighted by molar-refractivity contribution is 8.00. The van der Waals surface area contributed by atoms with Crippen molar-refractivity contribution in [1.29, 1.82) is 0 Å². The summed E-state index contributed by atoms with van der Waals surface area (Å²) in [6.45, 7) is 12.8. The third-order valence-corrected chi connectivity index (χ3v) is 18.5. The van der Waals surface area contributed by atoms with Gasteiger partial charge in [0, 0.05) is 26.1 Å². The summed E-state index contributed by atoms with van der Waals surface area (Å²) in [6, 6.07) is 11.8. The quantitative estimate of drug-likeness (QED) is 0.108. The minimum absolute atomic E-state index is 0.157. The van der Waals surface area contributed by atoms with Crippen molar-refractivity contribution in [3.63, 3.8) is 0 Å². The van der Waals surface area contributed by atoms with Gasteiger partial charge in [-0.05, 0) is 111 Å². The smallest absolute Gasteiger partial charge is 0.246 e. The lowest BCUT2D eigenvalue weighted by atomic mass is 9.83. The van der Waals surface area contributed by atoms with Gasteiger partial charge in [0.2, 0.25) is 35.4 Å². The highest BCUT2D eigenvalue weighted by Gasteiger charge is 2.57. The van der Waals surface area contributed by atoms with E-state index in [4.69, 9.17) is 9.47 Å². The Labute approximate surface area is 434 Å². The van der Waals surface area contributed by atoms with E-state index in [1.807, 2.05) is 24.3 Å². The molecule has 18 heteroatoms. The van der Waals surface area contributed by atoms with Crippen LogP contribution in [0.2, 0.25) is 0 Å². The van der Waals surface area contributed by atoms with Gasteiger partial charge in [-0.1, -0.05) is 89.1 Å². The van der Waals surface area contributed by atoms with E-state index >= 15 is 0 Å². The Morgan fingerprint density at radius 3 is 1.39 bits per heavy atom. The number of carbonyl (C=O) groups is 6. The molecule has 6 amide bonds. The molecule has 16 nitrogen and oxygen atoms in total. The van der Waals surface area contributed by atoms with Crippen LogP contribution in [0, 0.1) is 10.8 Å². The lowest BCUT2D eigenvalue weighted by molar-refractivity contribution is -0.144. The first-order valence-corrected chi connectivity index (χ1v) is 28.4. The molecular weight excluding hydrogens is 953 g/mol. The molecule has 72 heavy (non-hydrogen) atoms. The fourth-order valence-corrected chi connectivity index (χ4v) is 15.0. The molecule has 0 bridgehead atoms. The Balaban J connectivity index is 0.836. The molecule has 0 radical (unpaired) electrons. The summed E-state index contributed by atoms with van der Waals surface area (Å²) in [7, 11) is 3.42. The van der Waals surface area contributed by atoms with Gasteiger partial charge in [0.15, 0.2) is 0 Å². The molecule has 2 aliphatic carbocycles. The second kappa shape index (κ2) is 23.1. The van der Waals surface area contributed by atoms with E-state index in [1.165, 1.54) is 0 Å². The van der Waals surface area contributed by atoms with E-state index in [1.54, 1.807) is 61.3 Å². The number of nitrogens with zero attached hydrogens (tertiary/aromatic N) is 2. The van der Waals surface area contributed by atoms with Crippen molar-refractivity contribution in [2.24, 2.45) is 10.8 Å². The van der Waals surface area contributed by atoms with Gasteiger partial charge in [0.05, 0.1) is 47.1 Å². The molecule has 8 rings (SSSR count). The number of fused-ring (bicyclic) bond motifs is 4. The Morgan fingerprint density at radius 2 is 1.00 bits per heavy atom. The monoisotopic (exact) mass is 1030 g/mol. The van der Waals surface area contributed by atoms with Crippen LogP contribution in [0.15, 0.2) is 48.5 Å². The van der Waals surface area contributed by atoms with Crippen LogP contribution in [0.25, 0.3) is 0 Å². The maximum Gasteiger partial charge on any atom is 0.246 e. The number of thioether (sulfide) groups is 2. The van der Waals surface area contributed by atoms with Gasteiger partial charge in [-0.3, -0.25) is 28.8 Å². The van der Waals surface area contributed by atoms with E-state index in [2.05, 4.69) is 83.9 Å². The van der Waals surface area contributed by atoms with Crippen LogP contribution in [-0.2, 0) is 51.1 Å². The van der Waals surface area contributed by atoms with Crippen molar-refractivity contribution >= 4 is 59.0 Å². The van der Waals surface area contributed by atoms with Crippen molar-refractivity contribution in [2.45, 2.75) is 177 Å². The topological polar surface area (TPSA) is 200 Å².